The molecule has 2 N–H and O–H groups in total. The second-order valence-electron chi connectivity index (χ2n) is 6.97. The number of hydrogen-bond acceptors (Lipinski definition) is 6. The van der Waals surface area contributed by atoms with Gasteiger partial charge < -0.3 is 14.8 Å². The summed E-state index contributed by atoms with van der Waals surface area (Å²) in [7, 11) is 1.60. The van der Waals surface area contributed by atoms with E-state index >= 15 is 0 Å². The molecule has 7 heteroatoms. The molecular formula is C24H18N4O2S. The third kappa shape index (κ3) is 3.27. The van der Waals surface area contributed by atoms with E-state index in [1.165, 1.54) is 0 Å². The van der Waals surface area contributed by atoms with E-state index < -0.39 is 0 Å². The molecule has 1 atom stereocenters. The maximum absolute atomic E-state index is 9.88. The Kier molecular flexibility index (Phi) is 4.77. The zero-order valence-electron chi connectivity index (χ0n) is 16.6. The van der Waals surface area contributed by atoms with Crippen molar-refractivity contribution < 1.29 is 9.47 Å². The summed E-state index contributed by atoms with van der Waals surface area (Å²) in [6, 6.07) is 25.3. The summed E-state index contributed by atoms with van der Waals surface area (Å²) >= 11 is 1.66. The maximum Gasteiger partial charge on any atom is 0.217 e. The van der Waals surface area contributed by atoms with Gasteiger partial charge in [0.25, 0.3) is 0 Å². The van der Waals surface area contributed by atoms with Crippen molar-refractivity contribution in [3.05, 3.63) is 89.8 Å². The highest BCUT2D eigenvalue weighted by molar-refractivity contribution is 7.99. The smallest absolute Gasteiger partial charge is 0.217 e. The highest BCUT2D eigenvalue weighted by atomic mass is 32.2. The molecule has 3 aromatic carbocycles. The first-order chi connectivity index (χ1) is 15.2. The normalized spacial score (nSPS) is 16.8. The summed E-state index contributed by atoms with van der Waals surface area (Å²) in [5, 5.41) is 22.1. The van der Waals surface area contributed by atoms with Crippen molar-refractivity contribution in [1.82, 2.24) is 5.32 Å². The zero-order valence-corrected chi connectivity index (χ0v) is 17.4. The Bertz CT molecular complexity index is 1250. The van der Waals surface area contributed by atoms with E-state index in [0.717, 1.165) is 21.0 Å². The monoisotopic (exact) mass is 426 g/mol. The fourth-order valence-corrected chi connectivity index (χ4v) is 4.80. The van der Waals surface area contributed by atoms with Gasteiger partial charge in [-0.25, -0.2) is 0 Å². The molecule has 0 saturated heterocycles. The number of nitrogens with one attached hydrogen (secondary N) is 2. The Balaban J connectivity index is 1.62. The van der Waals surface area contributed by atoms with Crippen molar-refractivity contribution in [2.45, 2.75) is 16.0 Å². The van der Waals surface area contributed by atoms with Crippen LogP contribution in [0.2, 0.25) is 0 Å². The highest BCUT2D eigenvalue weighted by Crippen LogP contribution is 2.46. The Morgan fingerprint density at radius 2 is 1.65 bits per heavy atom. The van der Waals surface area contributed by atoms with Gasteiger partial charge in [0.05, 0.1) is 12.8 Å². The van der Waals surface area contributed by atoms with Crippen LogP contribution in [-0.2, 0) is 0 Å². The number of amidine groups is 1. The van der Waals surface area contributed by atoms with E-state index in [2.05, 4.69) is 17.5 Å². The summed E-state index contributed by atoms with van der Waals surface area (Å²) in [6.07, 6.45) is -0.384. The first-order valence-electron chi connectivity index (χ1n) is 9.66. The number of hydrogen-bond donors (Lipinski definition) is 2. The molecule has 2 aliphatic rings. The van der Waals surface area contributed by atoms with Gasteiger partial charge in [-0.05, 0) is 42.5 Å². The number of anilines is 1. The average molecular weight is 427 g/mol. The first-order valence-corrected chi connectivity index (χ1v) is 10.5. The second kappa shape index (κ2) is 7.74. The number of benzene rings is 3. The lowest BCUT2D eigenvalue weighted by atomic mass is 10.1. The number of rotatable bonds is 3. The van der Waals surface area contributed by atoms with Crippen molar-refractivity contribution in [3.8, 4) is 17.6 Å². The van der Waals surface area contributed by atoms with Crippen LogP contribution < -0.4 is 19.7 Å². The molecule has 6 nitrogen and oxygen atoms in total. The third-order valence-electron chi connectivity index (χ3n) is 5.18. The predicted molar refractivity (Wildman–Crippen MR) is 119 cm³/mol. The molecule has 0 aromatic heterocycles. The van der Waals surface area contributed by atoms with Gasteiger partial charge in [-0.15, -0.1) is 0 Å². The molecule has 0 spiro atoms. The van der Waals surface area contributed by atoms with Crippen LogP contribution in [0.1, 0.15) is 11.7 Å². The van der Waals surface area contributed by atoms with E-state index in [4.69, 9.17) is 14.9 Å². The van der Waals surface area contributed by atoms with Crippen LogP contribution in [0, 0.1) is 16.7 Å². The number of nitriles is 1. The second-order valence-corrected chi connectivity index (χ2v) is 8.05. The lowest BCUT2D eigenvalue weighted by Crippen LogP contribution is -2.48. The molecule has 5 rings (SSSR count). The molecule has 2 aliphatic heterocycles. The SMILES string of the molecule is COc1ccc(OC2=C(C#N)C(=N)N3c4ccccc4Sc4ccccc4C3N2)cc1. The van der Waals surface area contributed by atoms with Gasteiger partial charge in [0.1, 0.15) is 23.7 Å². The number of para-hydroxylation sites is 1. The van der Waals surface area contributed by atoms with Gasteiger partial charge in [0.2, 0.25) is 5.88 Å². The van der Waals surface area contributed by atoms with Crippen molar-refractivity contribution in [2.75, 3.05) is 12.0 Å². The van der Waals surface area contributed by atoms with Gasteiger partial charge in [-0.1, -0.05) is 42.1 Å². The van der Waals surface area contributed by atoms with Crippen LogP contribution in [0.5, 0.6) is 11.5 Å². The topological polar surface area (TPSA) is 81.4 Å². The Hall–Kier alpha value is -3.89. The van der Waals surface area contributed by atoms with E-state index in [0.29, 0.717) is 11.5 Å². The minimum absolute atomic E-state index is 0.0968. The summed E-state index contributed by atoms with van der Waals surface area (Å²) < 4.78 is 11.2. The lowest BCUT2D eigenvalue weighted by molar-refractivity contribution is 0.348. The average Bonchev–Trinajstić information content (AvgIpc) is 2.94. The number of methoxy groups -OCH3 is 1. The minimum atomic E-state index is -0.384. The standard InChI is InChI=1S/C24H18N4O2S/c1-29-15-10-12-16(13-11-15)30-24-18(14-25)22(26)28-19-7-3-5-9-21(19)31-20-8-4-2-6-17(20)23(28)27-24/h2-13,23,26-27H,1H3. The van der Waals surface area contributed by atoms with E-state index in [1.807, 2.05) is 47.4 Å². The van der Waals surface area contributed by atoms with Crippen LogP contribution in [-0.4, -0.2) is 12.9 Å². The molecule has 152 valence electrons. The molecule has 2 heterocycles. The molecule has 0 bridgehead atoms. The number of nitrogens with zero attached hydrogens (tertiary/aromatic N) is 2. The summed E-state index contributed by atoms with van der Waals surface area (Å²) in [6.45, 7) is 0. The molecular weight excluding hydrogens is 408 g/mol. The molecule has 0 radical (unpaired) electrons. The van der Waals surface area contributed by atoms with Crippen molar-refractivity contribution >= 4 is 23.3 Å². The minimum Gasteiger partial charge on any atom is -0.497 e. The largest absolute Gasteiger partial charge is 0.497 e. The maximum atomic E-state index is 9.88. The van der Waals surface area contributed by atoms with Crippen LogP contribution in [0.3, 0.4) is 0 Å². The summed E-state index contributed by atoms with van der Waals surface area (Å²) in [5.74, 6) is 1.62. The quantitative estimate of drug-likeness (QED) is 0.609. The summed E-state index contributed by atoms with van der Waals surface area (Å²) in [5.41, 5.74) is 2.04. The zero-order chi connectivity index (χ0) is 21.4. The van der Waals surface area contributed by atoms with Crippen LogP contribution in [0.25, 0.3) is 0 Å². The van der Waals surface area contributed by atoms with E-state index in [-0.39, 0.29) is 23.5 Å². The molecule has 0 saturated carbocycles. The van der Waals surface area contributed by atoms with Crippen molar-refractivity contribution in [3.63, 3.8) is 0 Å². The van der Waals surface area contributed by atoms with Crippen molar-refractivity contribution in [1.29, 1.82) is 10.7 Å². The van der Waals surface area contributed by atoms with Crippen LogP contribution >= 0.6 is 11.8 Å². The Morgan fingerprint density at radius 1 is 0.968 bits per heavy atom. The predicted octanol–water partition coefficient (Wildman–Crippen LogP) is 5.06. The van der Waals surface area contributed by atoms with Gasteiger partial charge in [0.15, 0.2) is 11.4 Å². The van der Waals surface area contributed by atoms with E-state index in [1.54, 1.807) is 43.1 Å². The fourth-order valence-electron chi connectivity index (χ4n) is 3.70. The van der Waals surface area contributed by atoms with Gasteiger partial charge >= 0.3 is 0 Å². The Morgan fingerprint density at radius 3 is 2.39 bits per heavy atom. The summed E-state index contributed by atoms with van der Waals surface area (Å²) in [4.78, 5) is 3.97. The molecule has 1 unspecified atom stereocenters. The van der Waals surface area contributed by atoms with Crippen LogP contribution in [0.4, 0.5) is 5.69 Å². The first kappa shape index (κ1) is 19.1. The molecule has 31 heavy (non-hydrogen) atoms. The molecule has 0 amide bonds. The molecule has 3 aromatic rings. The molecule has 0 aliphatic carbocycles. The highest BCUT2D eigenvalue weighted by Gasteiger charge is 2.38. The fraction of sp³-hybridized carbons (Fsp3) is 0.0833. The third-order valence-corrected chi connectivity index (χ3v) is 6.34. The lowest BCUT2D eigenvalue weighted by Gasteiger charge is -2.38. The van der Waals surface area contributed by atoms with Gasteiger partial charge in [-0.2, -0.15) is 5.26 Å². The molecule has 0 fully saturated rings. The number of fused-ring (bicyclic) bond motifs is 5. The van der Waals surface area contributed by atoms with Gasteiger partial charge in [-0.3, -0.25) is 10.3 Å². The Labute approximate surface area is 184 Å². The van der Waals surface area contributed by atoms with Crippen LogP contribution in [0.15, 0.2) is 94.0 Å². The van der Waals surface area contributed by atoms with Gasteiger partial charge in [0, 0.05) is 15.4 Å². The van der Waals surface area contributed by atoms with Crippen molar-refractivity contribution in [2.24, 2.45) is 0 Å². The van der Waals surface area contributed by atoms with E-state index in [9.17, 15) is 5.26 Å². The number of ether oxygens (including phenoxy) is 2.